The lowest BCUT2D eigenvalue weighted by atomic mass is 10.1. The first-order valence-electron chi connectivity index (χ1n) is 8.14. The van der Waals surface area contributed by atoms with E-state index in [-0.39, 0.29) is 31.9 Å². The first-order valence-corrected chi connectivity index (χ1v) is 10.8. The number of carbonyl (C=O) groups is 1. The topological polar surface area (TPSA) is 84.5 Å². The smallest absolute Gasteiger partial charge is 0.263 e. The molecule has 10 heteroatoms. The molecule has 0 atom stereocenters. The van der Waals surface area contributed by atoms with Gasteiger partial charge in [-0.15, -0.1) is 0 Å². The molecule has 4 rings (SSSR count). The minimum absolute atomic E-state index is 0.0186. The summed E-state index contributed by atoms with van der Waals surface area (Å²) >= 11 is 17.8. The summed E-state index contributed by atoms with van der Waals surface area (Å²) in [5.41, 5.74) is 0.712. The van der Waals surface area contributed by atoms with Crippen LogP contribution in [0.2, 0.25) is 15.1 Å². The van der Waals surface area contributed by atoms with Gasteiger partial charge in [0, 0.05) is 15.7 Å². The van der Waals surface area contributed by atoms with E-state index in [9.17, 15) is 13.2 Å². The third kappa shape index (κ3) is 4.00. The summed E-state index contributed by atoms with van der Waals surface area (Å²) in [4.78, 5) is 12.4. The van der Waals surface area contributed by atoms with E-state index < -0.39 is 15.9 Å². The molecule has 0 spiro atoms. The van der Waals surface area contributed by atoms with Gasteiger partial charge in [0.1, 0.15) is 10.6 Å². The minimum Gasteiger partial charge on any atom is -0.454 e. The van der Waals surface area contributed by atoms with Crippen LogP contribution in [-0.2, 0) is 10.0 Å². The SMILES string of the molecule is O=C1Nc2cc(Cl)ccc2Oc2ccc(NS(=O)(=O)c3cc(Cl)ccc3Cl)cc21. The number of sulfonamides is 1. The number of amides is 1. The number of nitrogens with one attached hydrogen (secondary N) is 2. The number of fused-ring (bicyclic) bond motifs is 2. The molecule has 0 aromatic heterocycles. The lowest BCUT2D eigenvalue weighted by Gasteiger charge is -2.12. The summed E-state index contributed by atoms with van der Waals surface area (Å²) in [6.07, 6.45) is 0. The maximum absolute atomic E-state index is 12.7. The molecule has 148 valence electrons. The van der Waals surface area contributed by atoms with Gasteiger partial charge in [-0.2, -0.15) is 0 Å². The molecule has 1 amide bonds. The van der Waals surface area contributed by atoms with Gasteiger partial charge >= 0.3 is 0 Å². The first kappa shape index (κ1) is 19.8. The standard InChI is InChI=1S/C19H11Cl3N2O4S/c20-10-2-5-17-15(7-10)23-19(25)13-9-12(3-6-16(13)28-17)24-29(26,27)18-8-11(21)1-4-14(18)22/h1-9,24H,(H,23,25). The van der Waals surface area contributed by atoms with Gasteiger partial charge in [0.25, 0.3) is 15.9 Å². The fourth-order valence-corrected chi connectivity index (χ4v) is 4.74. The largest absolute Gasteiger partial charge is 0.454 e. The number of hydrogen-bond acceptors (Lipinski definition) is 4. The maximum Gasteiger partial charge on any atom is 0.263 e. The normalized spacial score (nSPS) is 12.9. The van der Waals surface area contributed by atoms with Gasteiger partial charge < -0.3 is 10.1 Å². The average molecular weight is 470 g/mol. The Morgan fingerprint density at radius 1 is 0.862 bits per heavy atom. The summed E-state index contributed by atoms with van der Waals surface area (Å²) in [7, 11) is -4.04. The van der Waals surface area contributed by atoms with E-state index in [1.54, 1.807) is 18.2 Å². The molecule has 0 fully saturated rings. The Bertz CT molecular complexity index is 1260. The number of benzene rings is 3. The lowest BCUT2D eigenvalue weighted by Crippen LogP contribution is -2.15. The molecule has 1 aliphatic rings. The molecule has 0 aliphatic carbocycles. The maximum atomic E-state index is 12.7. The molecular formula is C19H11Cl3N2O4S. The van der Waals surface area contributed by atoms with E-state index in [4.69, 9.17) is 39.5 Å². The predicted octanol–water partition coefficient (Wildman–Crippen LogP) is 5.81. The highest BCUT2D eigenvalue weighted by molar-refractivity contribution is 7.92. The zero-order valence-electron chi connectivity index (χ0n) is 14.4. The molecule has 0 bridgehead atoms. The molecule has 0 saturated heterocycles. The molecule has 1 heterocycles. The van der Waals surface area contributed by atoms with Crippen LogP contribution in [0.25, 0.3) is 0 Å². The summed E-state index contributed by atoms with van der Waals surface area (Å²) < 4.78 is 33.6. The molecule has 0 saturated carbocycles. The summed E-state index contributed by atoms with van der Waals surface area (Å²) in [6.45, 7) is 0. The fraction of sp³-hybridized carbons (Fsp3) is 0. The molecule has 0 unspecified atom stereocenters. The molecule has 3 aromatic rings. The van der Waals surface area contributed by atoms with Crippen LogP contribution >= 0.6 is 34.8 Å². The third-order valence-electron chi connectivity index (χ3n) is 4.07. The van der Waals surface area contributed by atoms with E-state index in [0.717, 1.165) is 0 Å². The predicted molar refractivity (Wildman–Crippen MR) is 113 cm³/mol. The van der Waals surface area contributed by atoms with E-state index in [2.05, 4.69) is 10.0 Å². The fourth-order valence-electron chi connectivity index (χ4n) is 2.75. The van der Waals surface area contributed by atoms with Crippen LogP contribution in [-0.4, -0.2) is 14.3 Å². The Balaban J connectivity index is 1.69. The second kappa shape index (κ2) is 7.42. The molecule has 6 nitrogen and oxygen atoms in total. The number of ether oxygens (including phenoxy) is 1. The van der Waals surface area contributed by atoms with Crippen LogP contribution in [0.3, 0.4) is 0 Å². The number of rotatable bonds is 3. The average Bonchev–Trinajstić information content (AvgIpc) is 2.79. The van der Waals surface area contributed by atoms with Gasteiger partial charge in [-0.3, -0.25) is 9.52 Å². The Morgan fingerprint density at radius 2 is 1.55 bits per heavy atom. The van der Waals surface area contributed by atoms with Crippen LogP contribution in [0.15, 0.2) is 59.5 Å². The van der Waals surface area contributed by atoms with Gasteiger partial charge in [0.2, 0.25) is 0 Å². The number of halogens is 3. The highest BCUT2D eigenvalue weighted by Gasteiger charge is 2.24. The van der Waals surface area contributed by atoms with Gasteiger partial charge in [-0.1, -0.05) is 34.8 Å². The first-order chi connectivity index (χ1) is 13.7. The van der Waals surface area contributed by atoms with E-state index in [0.29, 0.717) is 16.5 Å². The van der Waals surface area contributed by atoms with Gasteiger partial charge in [0.15, 0.2) is 5.75 Å². The van der Waals surface area contributed by atoms with Crippen molar-refractivity contribution in [2.75, 3.05) is 10.0 Å². The van der Waals surface area contributed by atoms with E-state index in [1.807, 2.05) is 0 Å². The number of carbonyl (C=O) groups excluding carboxylic acids is 1. The van der Waals surface area contributed by atoms with Crippen LogP contribution in [0.5, 0.6) is 11.5 Å². The quantitative estimate of drug-likeness (QED) is 0.507. The van der Waals surface area contributed by atoms with E-state index >= 15 is 0 Å². The Kier molecular flexibility index (Phi) is 5.08. The molecule has 2 N–H and O–H groups in total. The van der Waals surface area contributed by atoms with Gasteiger partial charge in [0.05, 0.1) is 16.3 Å². The Morgan fingerprint density at radius 3 is 2.34 bits per heavy atom. The van der Waals surface area contributed by atoms with Crippen molar-refractivity contribution in [3.63, 3.8) is 0 Å². The van der Waals surface area contributed by atoms with Crippen LogP contribution in [0.4, 0.5) is 11.4 Å². The van der Waals surface area contributed by atoms with E-state index in [1.165, 1.54) is 36.4 Å². The van der Waals surface area contributed by atoms with Crippen molar-refractivity contribution >= 4 is 62.1 Å². The summed E-state index contributed by atoms with van der Waals surface area (Å²) in [5.74, 6) is 0.218. The van der Waals surface area contributed by atoms with Crippen molar-refractivity contribution in [1.29, 1.82) is 0 Å². The Labute approximate surface area is 181 Å². The highest BCUT2D eigenvalue weighted by atomic mass is 35.5. The Hall–Kier alpha value is -2.45. The third-order valence-corrected chi connectivity index (χ3v) is 6.40. The zero-order chi connectivity index (χ0) is 20.8. The number of hydrogen-bond donors (Lipinski definition) is 2. The van der Waals surface area contributed by atoms with Crippen molar-refractivity contribution in [3.8, 4) is 11.5 Å². The summed E-state index contributed by atoms with van der Waals surface area (Å²) in [6, 6.07) is 13.3. The molecule has 0 radical (unpaired) electrons. The van der Waals surface area contributed by atoms with Gasteiger partial charge in [-0.25, -0.2) is 8.42 Å². The second-order valence-electron chi connectivity index (χ2n) is 6.09. The molecule has 29 heavy (non-hydrogen) atoms. The van der Waals surface area contributed by atoms with Crippen LogP contribution in [0, 0.1) is 0 Å². The number of anilines is 2. The van der Waals surface area contributed by atoms with Gasteiger partial charge in [-0.05, 0) is 54.6 Å². The molecule has 3 aromatic carbocycles. The van der Waals surface area contributed by atoms with Crippen molar-refractivity contribution < 1.29 is 17.9 Å². The zero-order valence-corrected chi connectivity index (χ0v) is 17.5. The van der Waals surface area contributed by atoms with Crippen molar-refractivity contribution in [1.82, 2.24) is 0 Å². The highest BCUT2D eigenvalue weighted by Crippen LogP contribution is 2.38. The molecular weight excluding hydrogens is 459 g/mol. The van der Waals surface area contributed by atoms with Crippen LogP contribution < -0.4 is 14.8 Å². The van der Waals surface area contributed by atoms with Crippen molar-refractivity contribution in [2.45, 2.75) is 4.90 Å². The second-order valence-corrected chi connectivity index (χ2v) is 9.02. The molecule has 1 aliphatic heterocycles. The minimum atomic E-state index is -4.04. The lowest BCUT2D eigenvalue weighted by molar-refractivity contribution is 0.102. The van der Waals surface area contributed by atoms with Crippen LogP contribution in [0.1, 0.15) is 10.4 Å². The van der Waals surface area contributed by atoms with Crippen molar-refractivity contribution in [2.24, 2.45) is 0 Å². The van der Waals surface area contributed by atoms with Crippen molar-refractivity contribution in [3.05, 3.63) is 75.2 Å². The monoisotopic (exact) mass is 468 g/mol. The summed E-state index contributed by atoms with van der Waals surface area (Å²) in [5, 5.41) is 3.37.